The molecule has 0 fully saturated rings. The number of carbonyl (C=O) groups excluding carboxylic acids is 1. The summed E-state index contributed by atoms with van der Waals surface area (Å²) in [6.07, 6.45) is 1.25. The molecule has 1 heterocycles. The van der Waals surface area contributed by atoms with Crippen LogP contribution in [0.2, 0.25) is 0 Å². The molecule has 4 heteroatoms. The molecule has 70 valence electrons. The molecular formula is C9H11NO3. The van der Waals surface area contributed by atoms with Crippen LogP contribution in [0.3, 0.4) is 0 Å². The van der Waals surface area contributed by atoms with E-state index in [4.69, 9.17) is 5.11 Å². The number of ketones is 1. The molecule has 0 bridgehead atoms. The minimum absolute atomic E-state index is 0.344. The first kappa shape index (κ1) is 9.51. The van der Waals surface area contributed by atoms with Crippen molar-refractivity contribution in [3.63, 3.8) is 0 Å². The summed E-state index contributed by atoms with van der Waals surface area (Å²) in [6, 6.07) is 0. The number of carboxylic acids is 1. The predicted molar refractivity (Wildman–Crippen MR) is 46.9 cm³/mol. The standard InChI is InChI=1S/C9H11NO3/c1-5-4-10-6(2)9(5)7(11)3-8(12)13/h4,10H,3H2,1-2H3,(H,12,13). The number of rotatable bonds is 3. The van der Waals surface area contributed by atoms with Gasteiger partial charge < -0.3 is 10.1 Å². The van der Waals surface area contributed by atoms with Gasteiger partial charge in [0.15, 0.2) is 5.78 Å². The van der Waals surface area contributed by atoms with E-state index in [0.29, 0.717) is 5.56 Å². The van der Waals surface area contributed by atoms with Gasteiger partial charge in [0, 0.05) is 17.5 Å². The van der Waals surface area contributed by atoms with Crippen molar-refractivity contribution in [1.29, 1.82) is 0 Å². The molecule has 2 N–H and O–H groups in total. The van der Waals surface area contributed by atoms with Crippen LogP contribution in [0.5, 0.6) is 0 Å². The van der Waals surface area contributed by atoms with Crippen LogP contribution in [0.25, 0.3) is 0 Å². The van der Waals surface area contributed by atoms with E-state index in [1.165, 1.54) is 0 Å². The van der Waals surface area contributed by atoms with Gasteiger partial charge in [-0.3, -0.25) is 9.59 Å². The molecular weight excluding hydrogens is 170 g/mol. The van der Waals surface area contributed by atoms with Gasteiger partial charge in [0.05, 0.1) is 0 Å². The van der Waals surface area contributed by atoms with Gasteiger partial charge in [-0.15, -0.1) is 0 Å². The lowest BCUT2D eigenvalue weighted by Crippen LogP contribution is -2.08. The quantitative estimate of drug-likeness (QED) is 0.545. The number of H-pyrrole nitrogens is 1. The Labute approximate surface area is 75.6 Å². The van der Waals surface area contributed by atoms with Gasteiger partial charge in [0.1, 0.15) is 6.42 Å². The Hall–Kier alpha value is -1.58. The van der Waals surface area contributed by atoms with Crippen LogP contribution < -0.4 is 0 Å². The molecule has 1 aromatic rings. The number of Topliss-reactive ketones (excluding diaryl/α,β-unsaturated/α-hetero) is 1. The molecule has 0 aromatic carbocycles. The third-order valence-corrected chi connectivity index (χ3v) is 1.87. The third kappa shape index (κ3) is 1.96. The highest BCUT2D eigenvalue weighted by atomic mass is 16.4. The number of aryl methyl sites for hydroxylation is 2. The second-order valence-electron chi connectivity index (χ2n) is 2.97. The van der Waals surface area contributed by atoms with E-state index in [1.807, 2.05) is 0 Å². The van der Waals surface area contributed by atoms with E-state index in [-0.39, 0.29) is 5.78 Å². The van der Waals surface area contributed by atoms with E-state index in [0.717, 1.165) is 11.3 Å². The van der Waals surface area contributed by atoms with Crippen molar-refractivity contribution < 1.29 is 14.7 Å². The zero-order chi connectivity index (χ0) is 10.0. The van der Waals surface area contributed by atoms with Crippen molar-refractivity contribution in [2.75, 3.05) is 0 Å². The van der Waals surface area contributed by atoms with Crippen molar-refractivity contribution in [3.8, 4) is 0 Å². The first-order chi connectivity index (χ1) is 6.02. The molecule has 0 unspecified atom stereocenters. The number of aromatic amines is 1. The van der Waals surface area contributed by atoms with E-state index >= 15 is 0 Å². The third-order valence-electron chi connectivity index (χ3n) is 1.87. The highest BCUT2D eigenvalue weighted by Crippen LogP contribution is 2.14. The monoisotopic (exact) mass is 181 g/mol. The smallest absolute Gasteiger partial charge is 0.311 e. The summed E-state index contributed by atoms with van der Waals surface area (Å²) < 4.78 is 0. The van der Waals surface area contributed by atoms with Gasteiger partial charge >= 0.3 is 5.97 Å². The van der Waals surface area contributed by atoms with Crippen LogP contribution in [0.1, 0.15) is 28.0 Å². The summed E-state index contributed by atoms with van der Waals surface area (Å²) in [7, 11) is 0. The Kier molecular flexibility index (Phi) is 2.51. The number of aliphatic carboxylic acids is 1. The fourth-order valence-electron chi connectivity index (χ4n) is 1.31. The molecule has 0 aliphatic heterocycles. The highest BCUT2D eigenvalue weighted by Gasteiger charge is 2.16. The molecule has 0 saturated heterocycles. The Morgan fingerprint density at radius 2 is 2.08 bits per heavy atom. The summed E-state index contributed by atoms with van der Waals surface area (Å²) in [5, 5.41) is 8.43. The minimum atomic E-state index is -1.09. The van der Waals surface area contributed by atoms with Crippen LogP contribution in [-0.4, -0.2) is 21.8 Å². The number of hydrogen-bond donors (Lipinski definition) is 2. The number of nitrogens with one attached hydrogen (secondary N) is 1. The Morgan fingerprint density at radius 1 is 1.46 bits per heavy atom. The molecule has 0 atom stereocenters. The van der Waals surface area contributed by atoms with E-state index < -0.39 is 12.4 Å². The summed E-state index contributed by atoms with van der Waals surface area (Å²) in [4.78, 5) is 24.5. The number of aromatic nitrogens is 1. The van der Waals surface area contributed by atoms with Crippen LogP contribution >= 0.6 is 0 Å². The molecule has 0 aliphatic carbocycles. The molecule has 0 radical (unpaired) electrons. The SMILES string of the molecule is Cc1c[nH]c(C)c1C(=O)CC(=O)O. The van der Waals surface area contributed by atoms with Crippen LogP contribution in [0.4, 0.5) is 0 Å². The van der Waals surface area contributed by atoms with Crippen molar-refractivity contribution >= 4 is 11.8 Å². The summed E-state index contributed by atoms with van der Waals surface area (Å²) in [6.45, 7) is 3.53. The molecule has 0 amide bonds. The zero-order valence-corrected chi connectivity index (χ0v) is 7.55. The van der Waals surface area contributed by atoms with E-state index in [9.17, 15) is 9.59 Å². The maximum Gasteiger partial charge on any atom is 0.311 e. The normalized spacial score (nSPS) is 10.0. The average Bonchev–Trinajstić information content (AvgIpc) is 2.29. The van der Waals surface area contributed by atoms with Crippen LogP contribution in [0, 0.1) is 13.8 Å². The largest absolute Gasteiger partial charge is 0.481 e. The van der Waals surface area contributed by atoms with Crippen molar-refractivity contribution in [3.05, 3.63) is 23.0 Å². The van der Waals surface area contributed by atoms with Gasteiger partial charge in [-0.05, 0) is 19.4 Å². The van der Waals surface area contributed by atoms with Crippen molar-refractivity contribution in [1.82, 2.24) is 4.98 Å². The van der Waals surface area contributed by atoms with Crippen LogP contribution in [0.15, 0.2) is 6.20 Å². The van der Waals surface area contributed by atoms with Gasteiger partial charge in [-0.1, -0.05) is 0 Å². The maximum atomic E-state index is 11.4. The molecule has 1 rings (SSSR count). The first-order valence-electron chi connectivity index (χ1n) is 3.92. The second kappa shape index (κ2) is 3.43. The molecule has 1 aromatic heterocycles. The molecule has 4 nitrogen and oxygen atoms in total. The summed E-state index contributed by atoms with van der Waals surface area (Å²) in [5.74, 6) is -1.44. The molecule has 13 heavy (non-hydrogen) atoms. The number of hydrogen-bond acceptors (Lipinski definition) is 2. The number of carbonyl (C=O) groups is 2. The summed E-state index contributed by atoms with van der Waals surface area (Å²) >= 11 is 0. The van der Waals surface area contributed by atoms with Gasteiger partial charge in [0.25, 0.3) is 0 Å². The van der Waals surface area contributed by atoms with Crippen molar-refractivity contribution in [2.24, 2.45) is 0 Å². The van der Waals surface area contributed by atoms with Gasteiger partial charge in [0.2, 0.25) is 0 Å². The Bertz CT molecular complexity index is 332. The lowest BCUT2D eigenvalue weighted by atomic mass is 10.1. The highest BCUT2D eigenvalue weighted by molar-refractivity contribution is 6.07. The predicted octanol–water partition coefficient (Wildman–Crippen LogP) is 1.29. The zero-order valence-electron chi connectivity index (χ0n) is 7.55. The van der Waals surface area contributed by atoms with Gasteiger partial charge in [-0.25, -0.2) is 0 Å². The van der Waals surface area contributed by atoms with E-state index in [1.54, 1.807) is 20.0 Å². The lowest BCUT2D eigenvalue weighted by Gasteiger charge is -1.97. The van der Waals surface area contributed by atoms with Crippen LogP contribution in [-0.2, 0) is 4.79 Å². The molecule has 0 saturated carbocycles. The molecule has 0 spiro atoms. The van der Waals surface area contributed by atoms with Gasteiger partial charge in [-0.2, -0.15) is 0 Å². The minimum Gasteiger partial charge on any atom is -0.481 e. The fraction of sp³-hybridized carbons (Fsp3) is 0.333. The fourth-order valence-corrected chi connectivity index (χ4v) is 1.31. The lowest BCUT2D eigenvalue weighted by molar-refractivity contribution is -0.135. The number of carboxylic acid groups (broad SMARTS) is 1. The molecule has 0 aliphatic rings. The Balaban J connectivity index is 2.94. The van der Waals surface area contributed by atoms with E-state index in [2.05, 4.69) is 4.98 Å². The Morgan fingerprint density at radius 3 is 2.46 bits per heavy atom. The summed E-state index contributed by atoms with van der Waals surface area (Å²) in [5.41, 5.74) is 2.02. The maximum absolute atomic E-state index is 11.4. The second-order valence-corrected chi connectivity index (χ2v) is 2.97. The topological polar surface area (TPSA) is 70.2 Å². The average molecular weight is 181 g/mol. The van der Waals surface area contributed by atoms with Crippen molar-refractivity contribution in [2.45, 2.75) is 20.3 Å². The first-order valence-corrected chi connectivity index (χ1v) is 3.92.